The Labute approximate surface area is 181 Å². The second-order valence-corrected chi connectivity index (χ2v) is 7.94. The number of hydrogen-bond acceptors (Lipinski definition) is 5. The largest absolute Gasteiger partial charge is 0.338 e. The van der Waals surface area contributed by atoms with Crippen LogP contribution < -0.4 is 17.0 Å². The third-order valence-electron chi connectivity index (χ3n) is 5.44. The van der Waals surface area contributed by atoms with Crippen molar-refractivity contribution in [2.24, 2.45) is 11.1 Å². The van der Waals surface area contributed by atoms with Gasteiger partial charge < -0.3 is 10.6 Å². The Morgan fingerprint density at radius 3 is 2.52 bits per heavy atom. The quantitative estimate of drug-likeness (QED) is 0.745. The van der Waals surface area contributed by atoms with E-state index in [4.69, 9.17) is 5.73 Å². The van der Waals surface area contributed by atoms with E-state index in [-0.39, 0.29) is 53.1 Å². The molecule has 1 atom stereocenters. The summed E-state index contributed by atoms with van der Waals surface area (Å²) in [5.41, 5.74) is 5.90. The molecule has 1 aliphatic heterocycles. The highest BCUT2D eigenvalue weighted by atomic mass is 35.5. The van der Waals surface area contributed by atoms with Crippen LogP contribution in [0.2, 0.25) is 0 Å². The average Bonchev–Trinajstić information content (AvgIpc) is 3.03. The van der Waals surface area contributed by atoms with Gasteiger partial charge in [0, 0.05) is 25.3 Å². The summed E-state index contributed by atoms with van der Waals surface area (Å²) >= 11 is 0. The van der Waals surface area contributed by atoms with E-state index in [1.807, 2.05) is 13.8 Å². The molecule has 1 fully saturated rings. The highest BCUT2D eigenvalue weighted by Crippen LogP contribution is 2.30. The number of aromatic amines is 1. The lowest BCUT2D eigenvalue weighted by atomic mass is 9.90. The minimum absolute atomic E-state index is 0. The molecule has 0 bridgehead atoms. The van der Waals surface area contributed by atoms with Crippen molar-refractivity contribution in [3.05, 3.63) is 38.2 Å². The van der Waals surface area contributed by atoms with Crippen molar-refractivity contribution in [2.45, 2.75) is 46.6 Å². The highest BCUT2D eigenvalue weighted by Gasteiger charge is 2.36. The number of H-pyrrole nitrogens is 1. The molecule has 3 heterocycles. The second-order valence-electron chi connectivity index (χ2n) is 7.94. The third-order valence-corrected chi connectivity index (χ3v) is 5.44. The van der Waals surface area contributed by atoms with Gasteiger partial charge in [0.1, 0.15) is 0 Å². The Bertz CT molecular complexity index is 1020. The van der Waals surface area contributed by atoms with Crippen LogP contribution in [0.4, 0.5) is 0 Å². The van der Waals surface area contributed by atoms with E-state index >= 15 is 0 Å². The van der Waals surface area contributed by atoms with Crippen molar-refractivity contribution in [1.29, 1.82) is 0 Å². The van der Waals surface area contributed by atoms with Crippen LogP contribution >= 0.6 is 24.8 Å². The van der Waals surface area contributed by atoms with Crippen LogP contribution in [0.1, 0.15) is 56.1 Å². The summed E-state index contributed by atoms with van der Waals surface area (Å²) in [6.45, 7) is 9.79. The number of carbonyl (C=O) groups is 1. The molecule has 2 aromatic heterocycles. The van der Waals surface area contributed by atoms with E-state index in [1.165, 1.54) is 4.57 Å². The third kappa shape index (κ3) is 4.49. The standard InChI is InChI=1S/C19H27N5O3.2ClH/c1-5-24-15-14(16(25)22-18(24)27)12(8-13(21-15)11(2)3)17(26)23-7-6-19(4,9-20)10-23;;/h8,11H,5-7,9-10,20H2,1-4H3,(H,22,25,27);2*1H. The number of amides is 1. The summed E-state index contributed by atoms with van der Waals surface area (Å²) in [5.74, 6) is -0.165. The lowest BCUT2D eigenvalue weighted by Crippen LogP contribution is -2.36. The molecule has 162 valence electrons. The van der Waals surface area contributed by atoms with Gasteiger partial charge in [-0.3, -0.25) is 19.1 Å². The van der Waals surface area contributed by atoms with Gasteiger partial charge >= 0.3 is 5.69 Å². The molecule has 3 rings (SSSR count). The van der Waals surface area contributed by atoms with Gasteiger partial charge in [0.05, 0.1) is 10.9 Å². The molecule has 10 heteroatoms. The fraction of sp³-hybridized carbons (Fsp3) is 0.579. The first-order valence-corrected chi connectivity index (χ1v) is 9.38. The molecule has 29 heavy (non-hydrogen) atoms. The Hall–Kier alpha value is -1.90. The summed E-state index contributed by atoms with van der Waals surface area (Å²) < 4.78 is 1.40. The van der Waals surface area contributed by atoms with Gasteiger partial charge in [-0.1, -0.05) is 20.8 Å². The molecule has 8 nitrogen and oxygen atoms in total. The molecule has 1 aliphatic rings. The Kier molecular flexibility index (Phi) is 8.04. The molecule has 1 unspecified atom stereocenters. The van der Waals surface area contributed by atoms with Crippen molar-refractivity contribution >= 4 is 41.8 Å². The van der Waals surface area contributed by atoms with Gasteiger partial charge in [-0.25, -0.2) is 9.78 Å². The number of aryl methyl sites for hydroxylation is 1. The number of nitrogens with one attached hydrogen (secondary N) is 1. The maximum atomic E-state index is 13.3. The molecular weight excluding hydrogens is 417 g/mol. The number of carbonyl (C=O) groups excluding carboxylic acids is 1. The lowest BCUT2D eigenvalue weighted by molar-refractivity contribution is 0.0778. The summed E-state index contributed by atoms with van der Waals surface area (Å²) in [5, 5.41) is 0.173. The van der Waals surface area contributed by atoms with E-state index in [0.29, 0.717) is 37.4 Å². The number of hydrogen-bond donors (Lipinski definition) is 2. The molecule has 1 saturated heterocycles. The predicted molar refractivity (Wildman–Crippen MR) is 119 cm³/mol. The van der Waals surface area contributed by atoms with E-state index in [2.05, 4.69) is 16.9 Å². The van der Waals surface area contributed by atoms with E-state index < -0.39 is 11.2 Å². The van der Waals surface area contributed by atoms with Crippen molar-refractivity contribution < 1.29 is 4.79 Å². The van der Waals surface area contributed by atoms with E-state index in [9.17, 15) is 14.4 Å². The summed E-state index contributed by atoms with van der Waals surface area (Å²) in [6.07, 6.45) is 0.825. The first-order valence-electron chi connectivity index (χ1n) is 9.38. The zero-order valence-electron chi connectivity index (χ0n) is 17.2. The van der Waals surface area contributed by atoms with Crippen molar-refractivity contribution in [1.82, 2.24) is 19.4 Å². The molecule has 2 aromatic rings. The van der Waals surface area contributed by atoms with Crippen molar-refractivity contribution in [2.75, 3.05) is 19.6 Å². The average molecular weight is 446 g/mol. The molecule has 0 aliphatic carbocycles. The molecule has 0 spiro atoms. The highest BCUT2D eigenvalue weighted by molar-refractivity contribution is 6.05. The monoisotopic (exact) mass is 445 g/mol. The van der Waals surface area contributed by atoms with Crippen LogP contribution in [0, 0.1) is 5.41 Å². The van der Waals surface area contributed by atoms with Gasteiger partial charge in [0.15, 0.2) is 5.65 Å². The van der Waals surface area contributed by atoms with Crippen LogP contribution in [-0.4, -0.2) is 45.0 Å². The Morgan fingerprint density at radius 2 is 2.00 bits per heavy atom. The number of nitrogens with two attached hydrogens (primary N) is 1. The number of nitrogens with zero attached hydrogens (tertiary/aromatic N) is 3. The van der Waals surface area contributed by atoms with Crippen molar-refractivity contribution in [3.63, 3.8) is 0 Å². The van der Waals surface area contributed by atoms with Crippen LogP contribution in [0.15, 0.2) is 15.7 Å². The minimum atomic E-state index is -0.577. The predicted octanol–water partition coefficient (Wildman–Crippen LogP) is 1.88. The van der Waals surface area contributed by atoms with Crippen LogP contribution in [0.25, 0.3) is 11.0 Å². The maximum absolute atomic E-state index is 13.3. The summed E-state index contributed by atoms with van der Waals surface area (Å²) in [7, 11) is 0. The van der Waals surface area contributed by atoms with E-state index in [1.54, 1.807) is 17.9 Å². The van der Waals surface area contributed by atoms with Gasteiger partial charge in [-0.05, 0) is 37.3 Å². The second kappa shape index (κ2) is 9.28. The van der Waals surface area contributed by atoms with Crippen molar-refractivity contribution in [3.8, 4) is 0 Å². The van der Waals surface area contributed by atoms with Gasteiger partial charge in [-0.2, -0.15) is 0 Å². The SMILES string of the molecule is CCn1c(=O)[nH]c(=O)c2c(C(=O)N3CCC(C)(CN)C3)cc(C(C)C)nc21.Cl.Cl. The number of aromatic nitrogens is 3. The zero-order valence-corrected chi connectivity index (χ0v) is 18.8. The minimum Gasteiger partial charge on any atom is -0.338 e. The van der Waals surface area contributed by atoms with Gasteiger partial charge in [-0.15, -0.1) is 24.8 Å². The first-order chi connectivity index (χ1) is 12.7. The van der Waals surface area contributed by atoms with Crippen LogP contribution in [-0.2, 0) is 6.54 Å². The first kappa shape index (κ1) is 25.1. The number of pyridine rings is 1. The fourth-order valence-electron chi connectivity index (χ4n) is 3.59. The molecule has 1 amide bonds. The van der Waals surface area contributed by atoms with E-state index in [0.717, 1.165) is 6.42 Å². The van der Waals surface area contributed by atoms with Crippen LogP contribution in [0.3, 0.4) is 0 Å². The van der Waals surface area contributed by atoms with Gasteiger partial charge in [0.25, 0.3) is 11.5 Å². The molecule has 0 saturated carbocycles. The Morgan fingerprint density at radius 1 is 1.34 bits per heavy atom. The lowest BCUT2D eigenvalue weighted by Gasteiger charge is -2.23. The molecule has 0 aromatic carbocycles. The summed E-state index contributed by atoms with van der Waals surface area (Å²) in [6, 6.07) is 1.69. The normalized spacial score (nSPS) is 18.6. The smallest absolute Gasteiger partial charge is 0.329 e. The number of likely N-dealkylation sites (tertiary alicyclic amines) is 1. The molecule has 0 radical (unpaired) electrons. The number of rotatable bonds is 4. The Balaban J connectivity index is 0.00000210. The summed E-state index contributed by atoms with van der Waals surface area (Å²) in [4.78, 5) is 46.6. The maximum Gasteiger partial charge on any atom is 0.329 e. The molecular formula is C19H29Cl2N5O3. The fourth-order valence-corrected chi connectivity index (χ4v) is 3.59. The van der Waals surface area contributed by atoms with Crippen LogP contribution in [0.5, 0.6) is 0 Å². The molecule has 3 N–H and O–H groups in total. The number of fused-ring (bicyclic) bond motifs is 1. The topological polar surface area (TPSA) is 114 Å². The number of halogens is 2. The van der Waals surface area contributed by atoms with Gasteiger partial charge in [0.2, 0.25) is 0 Å². The zero-order chi connectivity index (χ0) is 19.9.